The highest BCUT2D eigenvalue weighted by Gasteiger charge is 2.39. The van der Waals surface area contributed by atoms with E-state index < -0.39 is 0 Å². The van der Waals surface area contributed by atoms with Crippen LogP contribution in [0.2, 0.25) is 0 Å². The van der Waals surface area contributed by atoms with Gasteiger partial charge < -0.3 is 5.32 Å². The quantitative estimate of drug-likeness (QED) is 0.881. The zero-order valence-electron chi connectivity index (χ0n) is 11.9. The lowest BCUT2D eigenvalue weighted by atomic mass is 9.89. The van der Waals surface area contributed by atoms with Crippen LogP contribution in [0.3, 0.4) is 0 Å². The molecule has 104 valence electrons. The molecule has 3 atom stereocenters. The molecule has 3 fully saturated rings. The Morgan fingerprint density at radius 1 is 1.26 bits per heavy atom. The monoisotopic (exact) mass is 259 g/mol. The van der Waals surface area contributed by atoms with Gasteiger partial charge in [-0.2, -0.15) is 5.10 Å². The van der Waals surface area contributed by atoms with Crippen LogP contribution in [0.1, 0.15) is 49.8 Å². The molecule has 0 aromatic carbocycles. The average molecular weight is 259 g/mol. The van der Waals surface area contributed by atoms with Crippen LogP contribution in [-0.4, -0.2) is 15.8 Å². The SMILES string of the molecule is Cc1nn(CC2CC3CCC2C3)cc1CNC1CC1. The molecule has 3 aliphatic rings. The summed E-state index contributed by atoms with van der Waals surface area (Å²) in [6.07, 6.45) is 10.9. The predicted octanol–water partition coefficient (Wildman–Crippen LogP) is 2.88. The van der Waals surface area contributed by atoms with Crippen LogP contribution in [0.5, 0.6) is 0 Å². The maximum atomic E-state index is 4.73. The van der Waals surface area contributed by atoms with Crippen molar-refractivity contribution in [2.45, 2.75) is 64.6 Å². The molecule has 2 bridgehead atoms. The van der Waals surface area contributed by atoms with Crippen LogP contribution < -0.4 is 5.32 Å². The first-order valence-electron chi connectivity index (χ1n) is 8.04. The van der Waals surface area contributed by atoms with Gasteiger partial charge in [-0.25, -0.2) is 0 Å². The third-order valence-electron chi connectivity index (χ3n) is 5.51. The summed E-state index contributed by atoms with van der Waals surface area (Å²) in [5, 5.41) is 8.33. The number of nitrogens with zero attached hydrogens (tertiary/aromatic N) is 2. The minimum Gasteiger partial charge on any atom is -0.310 e. The topological polar surface area (TPSA) is 29.9 Å². The summed E-state index contributed by atoms with van der Waals surface area (Å²) in [5.41, 5.74) is 2.62. The Labute approximate surface area is 115 Å². The minimum absolute atomic E-state index is 0.785. The molecule has 1 aromatic rings. The van der Waals surface area contributed by atoms with Crippen LogP contribution in [0.4, 0.5) is 0 Å². The maximum Gasteiger partial charge on any atom is 0.0638 e. The lowest BCUT2D eigenvalue weighted by Gasteiger charge is -2.21. The van der Waals surface area contributed by atoms with E-state index in [-0.39, 0.29) is 0 Å². The first-order valence-corrected chi connectivity index (χ1v) is 8.04. The third-order valence-corrected chi connectivity index (χ3v) is 5.51. The number of hydrogen-bond acceptors (Lipinski definition) is 2. The van der Waals surface area contributed by atoms with Gasteiger partial charge in [-0.15, -0.1) is 0 Å². The van der Waals surface area contributed by atoms with Gasteiger partial charge in [0.25, 0.3) is 0 Å². The maximum absolute atomic E-state index is 4.73. The minimum atomic E-state index is 0.785. The average Bonchev–Trinajstić information content (AvgIpc) is 2.83. The second-order valence-corrected chi connectivity index (χ2v) is 7.05. The molecule has 3 unspecified atom stereocenters. The molecular weight excluding hydrogens is 234 g/mol. The van der Waals surface area contributed by atoms with E-state index >= 15 is 0 Å². The van der Waals surface area contributed by atoms with Crippen molar-refractivity contribution >= 4 is 0 Å². The molecule has 1 heterocycles. The molecule has 4 rings (SSSR count). The second-order valence-electron chi connectivity index (χ2n) is 7.05. The number of nitrogens with one attached hydrogen (secondary N) is 1. The number of aryl methyl sites for hydroxylation is 1. The fourth-order valence-electron chi connectivity index (χ4n) is 4.21. The Morgan fingerprint density at radius 2 is 2.16 bits per heavy atom. The summed E-state index contributed by atoms with van der Waals surface area (Å²) < 4.78 is 2.23. The second kappa shape index (κ2) is 4.62. The van der Waals surface area contributed by atoms with Crippen molar-refractivity contribution in [3.8, 4) is 0 Å². The fourth-order valence-corrected chi connectivity index (χ4v) is 4.21. The molecule has 1 aromatic heterocycles. The lowest BCUT2D eigenvalue weighted by Crippen LogP contribution is -2.17. The van der Waals surface area contributed by atoms with E-state index in [2.05, 4.69) is 23.1 Å². The Kier molecular flexibility index (Phi) is 2.91. The zero-order valence-corrected chi connectivity index (χ0v) is 11.9. The van der Waals surface area contributed by atoms with Gasteiger partial charge in [0, 0.05) is 30.9 Å². The highest BCUT2D eigenvalue weighted by molar-refractivity contribution is 5.15. The van der Waals surface area contributed by atoms with Crippen LogP contribution in [0.25, 0.3) is 0 Å². The summed E-state index contributed by atoms with van der Waals surface area (Å²) in [4.78, 5) is 0. The van der Waals surface area contributed by atoms with Crippen LogP contribution in [0.15, 0.2) is 6.20 Å². The molecule has 3 nitrogen and oxygen atoms in total. The van der Waals surface area contributed by atoms with E-state index in [1.807, 2.05) is 0 Å². The molecule has 0 amide bonds. The van der Waals surface area contributed by atoms with Gasteiger partial charge >= 0.3 is 0 Å². The summed E-state index contributed by atoms with van der Waals surface area (Å²) in [5.74, 6) is 2.95. The summed E-state index contributed by atoms with van der Waals surface area (Å²) in [6.45, 7) is 4.32. The molecular formula is C16H25N3. The number of hydrogen-bond donors (Lipinski definition) is 1. The Hall–Kier alpha value is -0.830. The molecule has 3 aliphatic carbocycles. The predicted molar refractivity (Wildman–Crippen MR) is 75.8 cm³/mol. The number of rotatable bonds is 5. The van der Waals surface area contributed by atoms with Crippen LogP contribution in [-0.2, 0) is 13.1 Å². The molecule has 0 radical (unpaired) electrons. The van der Waals surface area contributed by atoms with Crippen LogP contribution in [0, 0.1) is 24.7 Å². The van der Waals surface area contributed by atoms with Crippen molar-refractivity contribution < 1.29 is 0 Å². The Bertz CT molecular complexity index is 461. The van der Waals surface area contributed by atoms with Crippen LogP contribution >= 0.6 is 0 Å². The van der Waals surface area contributed by atoms with Crippen molar-refractivity contribution in [2.75, 3.05) is 0 Å². The van der Waals surface area contributed by atoms with Crippen molar-refractivity contribution in [3.63, 3.8) is 0 Å². The first kappa shape index (κ1) is 12.0. The summed E-state index contributed by atoms with van der Waals surface area (Å²) in [7, 11) is 0. The Balaban J connectivity index is 1.39. The smallest absolute Gasteiger partial charge is 0.0638 e. The van der Waals surface area contributed by atoms with E-state index in [4.69, 9.17) is 5.10 Å². The normalized spacial score (nSPS) is 33.2. The van der Waals surface area contributed by atoms with Gasteiger partial charge in [0.2, 0.25) is 0 Å². The highest BCUT2D eigenvalue weighted by Crippen LogP contribution is 2.48. The molecule has 3 saturated carbocycles. The van der Waals surface area contributed by atoms with Crippen molar-refractivity contribution in [1.82, 2.24) is 15.1 Å². The zero-order chi connectivity index (χ0) is 12.8. The molecule has 0 saturated heterocycles. The van der Waals surface area contributed by atoms with E-state index in [0.717, 1.165) is 36.9 Å². The fraction of sp³-hybridized carbons (Fsp3) is 0.812. The molecule has 3 heteroatoms. The summed E-state index contributed by atoms with van der Waals surface area (Å²) >= 11 is 0. The molecule has 19 heavy (non-hydrogen) atoms. The van der Waals surface area contributed by atoms with E-state index in [1.54, 1.807) is 0 Å². The third kappa shape index (κ3) is 2.45. The molecule has 0 aliphatic heterocycles. The highest BCUT2D eigenvalue weighted by atomic mass is 15.3. The van der Waals surface area contributed by atoms with E-state index in [9.17, 15) is 0 Å². The van der Waals surface area contributed by atoms with Gasteiger partial charge in [-0.1, -0.05) is 6.42 Å². The standard InChI is InChI=1S/C16H25N3/c1-11-15(8-17-16-4-5-16)10-19(18-11)9-14-7-12-2-3-13(14)6-12/h10,12-14,16-17H,2-9H2,1H3. The van der Waals surface area contributed by atoms with Gasteiger partial charge in [-0.05, 0) is 56.8 Å². The number of aromatic nitrogens is 2. The first-order chi connectivity index (χ1) is 9.28. The van der Waals surface area contributed by atoms with Crippen molar-refractivity contribution in [3.05, 3.63) is 17.5 Å². The van der Waals surface area contributed by atoms with Gasteiger partial charge in [0.05, 0.1) is 5.69 Å². The van der Waals surface area contributed by atoms with E-state index in [1.165, 1.54) is 49.8 Å². The van der Waals surface area contributed by atoms with Gasteiger partial charge in [0.1, 0.15) is 0 Å². The van der Waals surface area contributed by atoms with Crippen molar-refractivity contribution in [2.24, 2.45) is 17.8 Å². The van der Waals surface area contributed by atoms with E-state index in [0.29, 0.717) is 0 Å². The molecule has 1 N–H and O–H groups in total. The lowest BCUT2D eigenvalue weighted by molar-refractivity contribution is 0.285. The van der Waals surface area contributed by atoms with Gasteiger partial charge in [-0.3, -0.25) is 4.68 Å². The van der Waals surface area contributed by atoms with Crippen molar-refractivity contribution in [1.29, 1.82) is 0 Å². The van der Waals surface area contributed by atoms with Gasteiger partial charge in [0.15, 0.2) is 0 Å². The molecule has 0 spiro atoms. The summed E-state index contributed by atoms with van der Waals surface area (Å²) in [6, 6.07) is 0.785. The number of fused-ring (bicyclic) bond motifs is 2. The Morgan fingerprint density at radius 3 is 2.84 bits per heavy atom. The largest absolute Gasteiger partial charge is 0.310 e.